The quantitative estimate of drug-likeness (QED) is 0.586. The molecule has 0 unspecified atom stereocenters. The van der Waals surface area contributed by atoms with Gasteiger partial charge in [0.1, 0.15) is 17.2 Å². The number of nitrogens with two attached hydrogens (primary N) is 1. The third-order valence-electron chi connectivity index (χ3n) is 3.16. The van der Waals surface area contributed by atoms with Crippen LogP contribution in [-0.4, -0.2) is 34.4 Å². The van der Waals surface area contributed by atoms with Crippen LogP contribution >= 0.6 is 0 Å². The van der Waals surface area contributed by atoms with Gasteiger partial charge in [-0.05, 0) is 13.8 Å². The van der Waals surface area contributed by atoms with Crippen LogP contribution in [0.5, 0.6) is 0 Å². The number of hydrogen-bond donors (Lipinski definition) is 2. The normalized spacial score (nSPS) is 18.0. The summed E-state index contributed by atoms with van der Waals surface area (Å²) in [6.45, 7) is 4.45. The number of piperazine rings is 1. The van der Waals surface area contributed by atoms with Crippen molar-refractivity contribution < 1.29 is 9.72 Å². The van der Waals surface area contributed by atoms with Gasteiger partial charge in [-0.2, -0.15) is 0 Å². The van der Waals surface area contributed by atoms with Crippen LogP contribution in [-0.2, 0) is 4.79 Å². The van der Waals surface area contributed by atoms with E-state index in [1.54, 1.807) is 18.7 Å². The van der Waals surface area contributed by atoms with Gasteiger partial charge in [-0.3, -0.25) is 14.9 Å². The van der Waals surface area contributed by atoms with E-state index in [1.807, 2.05) is 0 Å². The van der Waals surface area contributed by atoms with Gasteiger partial charge < -0.3 is 16.0 Å². The topological polar surface area (TPSA) is 114 Å². The highest BCUT2D eigenvalue weighted by molar-refractivity contribution is 5.90. The second kappa shape index (κ2) is 4.38. The lowest BCUT2D eigenvalue weighted by atomic mass is 9.99. The van der Waals surface area contributed by atoms with E-state index in [0.29, 0.717) is 18.9 Å². The largest absolute Gasteiger partial charge is 0.383 e. The molecule has 102 valence electrons. The Morgan fingerprint density at radius 1 is 1.53 bits per heavy atom. The van der Waals surface area contributed by atoms with E-state index < -0.39 is 10.5 Å². The number of carbonyl (C=O) groups is 1. The molecule has 1 aliphatic rings. The predicted octanol–water partition coefficient (Wildman–Crippen LogP) is 0.287. The molecular formula is C11H15N5O3. The Morgan fingerprint density at radius 3 is 2.84 bits per heavy atom. The molecule has 1 fully saturated rings. The SMILES string of the molecule is CC1(C)C(=O)NCCN1c1cc([N+](=O)[O-])cc(N)n1. The number of pyridine rings is 1. The summed E-state index contributed by atoms with van der Waals surface area (Å²) < 4.78 is 0. The summed E-state index contributed by atoms with van der Waals surface area (Å²) in [5.41, 5.74) is 4.62. The molecule has 3 N–H and O–H groups in total. The molecule has 0 spiro atoms. The fourth-order valence-corrected chi connectivity index (χ4v) is 2.07. The first kappa shape index (κ1) is 13.1. The Bertz CT molecular complexity index is 543. The van der Waals surface area contributed by atoms with Crippen molar-refractivity contribution in [2.24, 2.45) is 0 Å². The van der Waals surface area contributed by atoms with Crippen LogP contribution in [0.3, 0.4) is 0 Å². The van der Waals surface area contributed by atoms with Crippen molar-refractivity contribution in [2.75, 3.05) is 23.7 Å². The molecule has 1 aliphatic heterocycles. The summed E-state index contributed by atoms with van der Waals surface area (Å²) in [6.07, 6.45) is 0. The van der Waals surface area contributed by atoms with Gasteiger partial charge in [0.2, 0.25) is 5.91 Å². The molecule has 0 bridgehead atoms. The molecule has 2 heterocycles. The lowest BCUT2D eigenvalue weighted by Crippen LogP contribution is -2.62. The lowest BCUT2D eigenvalue weighted by Gasteiger charge is -2.41. The number of carbonyl (C=O) groups excluding carboxylic acids is 1. The summed E-state index contributed by atoms with van der Waals surface area (Å²) >= 11 is 0. The molecule has 0 saturated carbocycles. The van der Waals surface area contributed by atoms with Gasteiger partial charge in [-0.15, -0.1) is 0 Å². The lowest BCUT2D eigenvalue weighted by molar-refractivity contribution is -0.384. The first-order valence-electron chi connectivity index (χ1n) is 5.80. The second-order valence-corrected chi connectivity index (χ2v) is 4.83. The number of rotatable bonds is 2. The Hall–Kier alpha value is -2.38. The van der Waals surface area contributed by atoms with Crippen molar-refractivity contribution in [3.8, 4) is 0 Å². The fraction of sp³-hybridized carbons (Fsp3) is 0.455. The first-order chi connectivity index (χ1) is 8.82. The molecule has 0 aliphatic carbocycles. The molecule has 19 heavy (non-hydrogen) atoms. The van der Waals surface area contributed by atoms with Crippen LogP contribution < -0.4 is 16.0 Å². The van der Waals surface area contributed by atoms with E-state index in [2.05, 4.69) is 10.3 Å². The second-order valence-electron chi connectivity index (χ2n) is 4.83. The monoisotopic (exact) mass is 265 g/mol. The summed E-state index contributed by atoms with van der Waals surface area (Å²) in [7, 11) is 0. The minimum atomic E-state index is -0.826. The highest BCUT2D eigenvalue weighted by Gasteiger charge is 2.38. The number of aromatic nitrogens is 1. The maximum absolute atomic E-state index is 11.9. The fourth-order valence-electron chi connectivity index (χ4n) is 2.07. The van der Waals surface area contributed by atoms with E-state index in [-0.39, 0.29) is 17.4 Å². The van der Waals surface area contributed by atoms with Crippen molar-refractivity contribution >= 4 is 23.2 Å². The minimum absolute atomic E-state index is 0.0611. The molecule has 0 aromatic carbocycles. The molecule has 8 nitrogen and oxygen atoms in total. The molecule has 1 amide bonds. The predicted molar refractivity (Wildman–Crippen MR) is 69.7 cm³/mol. The van der Waals surface area contributed by atoms with Gasteiger partial charge in [-0.25, -0.2) is 4.98 Å². The standard InChI is InChI=1S/C11H15N5O3/c1-11(2)10(17)13-3-4-15(11)9-6-7(16(18)19)5-8(12)14-9/h5-6H,3-4H2,1-2H3,(H2,12,14)(H,13,17). The maximum atomic E-state index is 11.9. The number of nitrogens with one attached hydrogen (secondary N) is 1. The third-order valence-corrected chi connectivity index (χ3v) is 3.16. The molecular weight excluding hydrogens is 250 g/mol. The van der Waals surface area contributed by atoms with E-state index in [1.165, 1.54) is 12.1 Å². The molecule has 2 rings (SSSR count). The summed E-state index contributed by atoms with van der Waals surface area (Å²) in [4.78, 5) is 28.0. The highest BCUT2D eigenvalue weighted by atomic mass is 16.6. The van der Waals surface area contributed by atoms with Gasteiger partial charge in [0.25, 0.3) is 5.69 Å². The summed E-state index contributed by atoms with van der Waals surface area (Å²) in [6, 6.07) is 2.53. The smallest absolute Gasteiger partial charge is 0.276 e. The average Bonchev–Trinajstić information content (AvgIpc) is 2.31. The number of anilines is 2. The maximum Gasteiger partial charge on any atom is 0.276 e. The Balaban J connectivity index is 2.46. The van der Waals surface area contributed by atoms with Crippen molar-refractivity contribution in [2.45, 2.75) is 19.4 Å². The Labute approximate surface area is 109 Å². The molecule has 1 aromatic rings. The van der Waals surface area contributed by atoms with Gasteiger partial charge in [-0.1, -0.05) is 0 Å². The third kappa shape index (κ3) is 2.28. The van der Waals surface area contributed by atoms with Gasteiger partial charge in [0, 0.05) is 13.1 Å². The minimum Gasteiger partial charge on any atom is -0.383 e. The molecule has 1 saturated heterocycles. The molecule has 1 aromatic heterocycles. The van der Waals surface area contributed by atoms with Crippen molar-refractivity contribution in [3.05, 3.63) is 22.2 Å². The average molecular weight is 265 g/mol. The summed E-state index contributed by atoms with van der Waals surface area (Å²) in [5.74, 6) is 0.253. The van der Waals surface area contributed by atoms with Crippen LogP contribution in [0.1, 0.15) is 13.8 Å². The van der Waals surface area contributed by atoms with Crippen LogP contribution in [0.15, 0.2) is 12.1 Å². The van der Waals surface area contributed by atoms with Crippen molar-refractivity contribution in [1.82, 2.24) is 10.3 Å². The van der Waals surface area contributed by atoms with E-state index in [4.69, 9.17) is 5.73 Å². The molecule has 8 heteroatoms. The summed E-state index contributed by atoms with van der Waals surface area (Å²) in [5, 5.41) is 13.6. The zero-order valence-electron chi connectivity index (χ0n) is 10.7. The Morgan fingerprint density at radius 2 is 2.21 bits per heavy atom. The highest BCUT2D eigenvalue weighted by Crippen LogP contribution is 2.28. The van der Waals surface area contributed by atoms with Gasteiger partial charge in [0.15, 0.2) is 0 Å². The van der Waals surface area contributed by atoms with Crippen LogP contribution in [0.25, 0.3) is 0 Å². The van der Waals surface area contributed by atoms with E-state index in [0.717, 1.165) is 0 Å². The van der Waals surface area contributed by atoms with Crippen LogP contribution in [0.2, 0.25) is 0 Å². The molecule has 0 atom stereocenters. The van der Waals surface area contributed by atoms with Crippen LogP contribution in [0.4, 0.5) is 17.3 Å². The number of nitro groups is 1. The van der Waals surface area contributed by atoms with E-state index >= 15 is 0 Å². The van der Waals surface area contributed by atoms with E-state index in [9.17, 15) is 14.9 Å². The van der Waals surface area contributed by atoms with Crippen LogP contribution in [0, 0.1) is 10.1 Å². The first-order valence-corrected chi connectivity index (χ1v) is 5.80. The van der Waals surface area contributed by atoms with Crippen molar-refractivity contribution in [1.29, 1.82) is 0 Å². The number of hydrogen-bond acceptors (Lipinski definition) is 6. The van der Waals surface area contributed by atoms with Gasteiger partial charge >= 0.3 is 0 Å². The van der Waals surface area contributed by atoms with Gasteiger partial charge in [0.05, 0.1) is 17.1 Å². The molecule has 0 radical (unpaired) electrons. The zero-order chi connectivity index (χ0) is 14.2. The zero-order valence-corrected chi connectivity index (χ0v) is 10.7. The number of nitrogen functional groups attached to an aromatic ring is 1. The number of nitrogens with zero attached hydrogens (tertiary/aromatic N) is 3. The number of amides is 1. The van der Waals surface area contributed by atoms with Crippen molar-refractivity contribution in [3.63, 3.8) is 0 Å². The Kier molecular flexibility index (Phi) is 3.01.